The molecule has 0 unspecified atom stereocenters. The highest BCUT2D eigenvalue weighted by molar-refractivity contribution is 7.89. The smallest absolute Gasteiger partial charge is 0.219 e. The zero-order valence-corrected chi connectivity index (χ0v) is 12.4. The molecule has 1 aromatic heterocycles. The van der Waals surface area contributed by atoms with Gasteiger partial charge in [-0.05, 0) is 38.8 Å². The first-order chi connectivity index (χ1) is 8.96. The van der Waals surface area contributed by atoms with Gasteiger partial charge in [0.25, 0.3) is 0 Å². The van der Waals surface area contributed by atoms with Gasteiger partial charge < -0.3 is 9.15 Å². The van der Waals surface area contributed by atoms with Crippen LogP contribution in [0.4, 0.5) is 0 Å². The molecule has 2 heterocycles. The first-order valence-corrected chi connectivity index (χ1v) is 8.03. The lowest BCUT2D eigenvalue weighted by Crippen LogP contribution is -2.38. The van der Waals surface area contributed by atoms with E-state index in [1.165, 1.54) is 7.11 Å². The van der Waals surface area contributed by atoms with Crippen molar-refractivity contribution < 1.29 is 17.6 Å². The molecule has 0 bridgehead atoms. The summed E-state index contributed by atoms with van der Waals surface area (Å²) in [6.45, 7) is 4.32. The molecular weight excluding hydrogens is 266 g/mol. The van der Waals surface area contributed by atoms with E-state index >= 15 is 0 Å². The molecule has 0 saturated carbocycles. The van der Waals surface area contributed by atoms with E-state index in [4.69, 9.17) is 9.15 Å². The maximum absolute atomic E-state index is 12.5. The van der Waals surface area contributed by atoms with Crippen LogP contribution in [0.2, 0.25) is 0 Å². The lowest BCUT2D eigenvalue weighted by Gasteiger charge is -2.25. The molecule has 1 aliphatic heterocycles. The summed E-state index contributed by atoms with van der Waals surface area (Å²) in [6, 6.07) is 3.57. The zero-order chi connectivity index (χ0) is 14.0. The number of furan rings is 1. The molecule has 1 saturated heterocycles. The van der Waals surface area contributed by atoms with Crippen LogP contribution in [-0.4, -0.2) is 38.2 Å². The summed E-state index contributed by atoms with van der Waals surface area (Å²) in [5.74, 6) is 1.55. The van der Waals surface area contributed by atoms with E-state index in [0.29, 0.717) is 6.54 Å². The van der Waals surface area contributed by atoms with E-state index in [9.17, 15) is 8.42 Å². The maximum atomic E-state index is 12.5. The van der Waals surface area contributed by atoms with E-state index in [0.717, 1.165) is 24.4 Å². The second-order valence-electron chi connectivity index (χ2n) is 5.03. The Labute approximate surface area is 114 Å². The number of nitrogens with zero attached hydrogens (tertiary/aromatic N) is 1. The van der Waals surface area contributed by atoms with Crippen LogP contribution in [0.1, 0.15) is 37.3 Å². The Morgan fingerprint density at radius 2 is 2.26 bits per heavy atom. The number of aryl methyl sites for hydroxylation is 1. The Hall–Kier alpha value is -0.850. The number of ether oxygens (including phenoxy) is 1. The van der Waals surface area contributed by atoms with E-state index < -0.39 is 15.3 Å². The molecule has 1 aliphatic rings. The molecule has 0 N–H and O–H groups in total. The summed E-state index contributed by atoms with van der Waals surface area (Å²) < 4.78 is 37.2. The highest BCUT2D eigenvalue weighted by Gasteiger charge is 2.39. The van der Waals surface area contributed by atoms with Crippen LogP contribution in [0.3, 0.4) is 0 Å². The average Bonchev–Trinajstić information content (AvgIpc) is 2.97. The fraction of sp³-hybridized carbons (Fsp3) is 0.692. The van der Waals surface area contributed by atoms with Crippen molar-refractivity contribution in [3.63, 3.8) is 0 Å². The molecule has 0 aliphatic carbocycles. The van der Waals surface area contributed by atoms with E-state index in [1.54, 1.807) is 11.2 Å². The van der Waals surface area contributed by atoms with Crippen molar-refractivity contribution in [3.05, 3.63) is 23.7 Å². The Kier molecular flexibility index (Phi) is 4.32. The molecule has 2 atom stereocenters. The van der Waals surface area contributed by atoms with Crippen molar-refractivity contribution in [1.29, 1.82) is 0 Å². The summed E-state index contributed by atoms with van der Waals surface area (Å²) in [5, 5.41) is -0.533. The van der Waals surface area contributed by atoms with E-state index in [2.05, 4.69) is 0 Å². The van der Waals surface area contributed by atoms with Crippen molar-refractivity contribution in [3.8, 4) is 0 Å². The Bertz CT molecular complexity index is 523. The van der Waals surface area contributed by atoms with Crippen molar-refractivity contribution in [2.45, 2.75) is 38.0 Å². The van der Waals surface area contributed by atoms with Crippen molar-refractivity contribution in [1.82, 2.24) is 4.31 Å². The average molecular weight is 287 g/mol. The quantitative estimate of drug-likeness (QED) is 0.832. The van der Waals surface area contributed by atoms with Gasteiger partial charge >= 0.3 is 0 Å². The number of rotatable bonds is 5. The zero-order valence-electron chi connectivity index (χ0n) is 11.6. The summed E-state index contributed by atoms with van der Waals surface area (Å²) in [6.07, 6.45) is 1.68. The van der Waals surface area contributed by atoms with Gasteiger partial charge in [0.2, 0.25) is 10.0 Å². The molecular formula is C13H21NO4S. The van der Waals surface area contributed by atoms with Crippen LogP contribution < -0.4 is 0 Å². The minimum absolute atomic E-state index is 0.169. The van der Waals surface area contributed by atoms with Crippen LogP contribution >= 0.6 is 0 Å². The molecule has 2 rings (SSSR count). The van der Waals surface area contributed by atoms with E-state index in [-0.39, 0.29) is 12.6 Å². The highest BCUT2D eigenvalue weighted by Crippen LogP contribution is 2.36. The minimum atomic E-state index is -3.34. The van der Waals surface area contributed by atoms with Crippen LogP contribution in [0.25, 0.3) is 0 Å². The van der Waals surface area contributed by atoms with Gasteiger partial charge in [0.05, 0.1) is 17.9 Å². The van der Waals surface area contributed by atoms with Gasteiger partial charge in [-0.2, -0.15) is 4.31 Å². The summed E-state index contributed by atoms with van der Waals surface area (Å²) in [7, 11) is -1.82. The molecule has 19 heavy (non-hydrogen) atoms. The van der Waals surface area contributed by atoms with Crippen LogP contribution in [0.15, 0.2) is 16.5 Å². The number of sulfonamides is 1. The first-order valence-electron chi connectivity index (χ1n) is 6.52. The predicted octanol–water partition coefficient (Wildman–Crippen LogP) is 2.09. The Morgan fingerprint density at radius 1 is 1.53 bits per heavy atom. The third-order valence-corrected chi connectivity index (χ3v) is 5.77. The first kappa shape index (κ1) is 14.6. The van der Waals surface area contributed by atoms with Crippen molar-refractivity contribution in [2.75, 3.05) is 20.3 Å². The van der Waals surface area contributed by atoms with E-state index in [1.807, 2.05) is 19.1 Å². The molecule has 6 heteroatoms. The van der Waals surface area contributed by atoms with Gasteiger partial charge in [-0.3, -0.25) is 0 Å². The van der Waals surface area contributed by atoms with Crippen LogP contribution in [0.5, 0.6) is 0 Å². The fourth-order valence-electron chi connectivity index (χ4n) is 2.51. The van der Waals surface area contributed by atoms with Gasteiger partial charge in [0, 0.05) is 13.7 Å². The third kappa shape index (κ3) is 2.85. The van der Waals surface area contributed by atoms with Gasteiger partial charge in [-0.25, -0.2) is 8.42 Å². The normalized spacial score (nSPS) is 22.8. The maximum Gasteiger partial charge on any atom is 0.219 e. The number of methoxy groups -OCH3 is 1. The molecule has 5 nitrogen and oxygen atoms in total. The molecule has 108 valence electrons. The Morgan fingerprint density at radius 3 is 2.84 bits per heavy atom. The predicted molar refractivity (Wildman–Crippen MR) is 72.4 cm³/mol. The second kappa shape index (κ2) is 5.64. The fourth-order valence-corrected chi connectivity index (χ4v) is 4.23. The molecule has 0 radical (unpaired) electrons. The van der Waals surface area contributed by atoms with Gasteiger partial charge in [0.1, 0.15) is 11.5 Å². The van der Waals surface area contributed by atoms with Gasteiger partial charge in [-0.15, -0.1) is 0 Å². The Balaban J connectivity index is 2.23. The molecule has 0 amide bonds. The molecule has 1 fully saturated rings. The largest absolute Gasteiger partial charge is 0.465 e. The standard InChI is InChI=1S/C13H21NO4S/c1-10-6-7-13(18-10)12-5-4-8-14(12)19(15,16)11(2)9-17-3/h6-7,11-12H,4-5,8-9H2,1-3H3/t11-,12-/m0/s1. The van der Waals surface area contributed by atoms with Crippen LogP contribution in [-0.2, 0) is 14.8 Å². The lowest BCUT2D eigenvalue weighted by molar-refractivity contribution is 0.197. The topological polar surface area (TPSA) is 59.8 Å². The highest BCUT2D eigenvalue weighted by atomic mass is 32.2. The van der Waals surface area contributed by atoms with Gasteiger partial charge in [0.15, 0.2) is 0 Å². The SMILES string of the molecule is COC[C@H](C)S(=O)(=O)N1CCC[C@H]1c1ccc(C)o1. The number of hydrogen-bond donors (Lipinski definition) is 0. The summed E-state index contributed by atoms with van der Waals surface area (Å²) >= 11 is 0. The molecule has 0 spiro atoms. The van der Waals surface area contributed by atoms with Crippen molar-refractivity contribution in [2.24, 2.45) is 0 Å². The minimum Gasteiger partial charge on any atom is -0.465 e. The number of hydrogen-bond acceptors (Lipinski definition) is 4. The molecule has 1 aromatic rings. The molecule has 0 aromatic carbocycles. The summed E-state index contributed by atoms with van der Waals surface area (Å²) in [4.78, 5) is 0. The van der Waals surface area contributed by atoms with Crippen molar-refractivity contribution >= 4 is 10.0 Å². The third-order valence-electron chi connectivity index (χ3n) is 3.53. The van der Waals surface area contributed by atoms with Gasteiger partial charge in [-0.1, -0.05) is 0 Å². The lowest BCUT2D eigenvalue weighted by atomic mass is 10.2. The van der Waals surface area contributed by atoms with Crippen LogP contribution in [0, 0.1) is 6.92 Å². The summed E-state index contributed by atoms with van der Waals surface area (Å²) in [5.41, 5.74) is 0. The monoisotopic (exact) mass is 287 g/mol. The second-order valence-corrected chi connectivity index (χ2v) is 7.33.